The molecule has 0 radical (unpaired) electrons. The zero-order valence-corrected chi connectivity index (χ0v) is 24.0. The number of Topliss-reactive ketones (excluding diaryl/α,β-unsaturated/α-hetero) is 1. The number of likely N-dealkylation sites (tertiary alicyclic amines) is 1. The van der Waals surface area contributed by atoms with Crippen LogP contribution in [-0.2, 0) is 21.4 Å². The Balaban J connectivity index is 1.86. The fourth-order valence-corrected chi connectivity index (χ4v) is 5.03. The molecule has 216 valence electrons. The molecule has 1 unspecified atom stereocenters. The number of benzene rings is 3. The Kier molecular flexibility index (Phi) is 8.71. The molecule has 7 nitrogen and oxygen atoms in total. The molecule has 1 amide bonds. The molecular formula is C33H36FNO6. The van der Waals surface area contributed by atoms with Gasteiger partial charge in [-0.1, -0.05) is 39.0 Å². The maximum Gasteiger partial charge on any atom is 0.295 e. The number of ketones is 1. The first kappa shape index (κ1) is 29.6. The van der Waals surface area contributed by atoms with Gasteiger partial charge in [0.25, 0.3) is 11.7 Å². The summed E-state index contributed by atoms with van der Waals surface area (Å²) in [5.41, 5.74) is 2.11. The van der Waals surface area contributed by atoms with Gasteiger partial charge in [0.2, 0.25) is 0 Å². The van der Waals surface area contributed by atoms with E-state index in [0.29, 0.717) is 36.5 Å². The molecule has 41 heavy (non-hydrogen) atoms. The van der Waals surface area contributed by atoms with Crippen LogP contribution in [0, 0.1) is 5.82 Å². The van der Waals surface area contributed by atoms with E-state index in [1.54, 1.807) is 49.4 Å². The number of aliphatic hydroxyl groups excluding tert-OH is 1. The Morgan fingerprint density at radius 2 is 1.59 bits per heavy atom. The molecule has 3 aromatic carbocycles. The normalized spacial score (nSPS) is 16.7. The number of halogens is 1. The molecule has 0 spiro atoms. The van der Waals surface area contributed by atoms with Gasteiger partial charge in [0, 0.05) is 17.7 Å². The van der Waals surface area contributed by atoms with Crippen molar-refractivity contribution in [2.45, 2.75) is 52.5 Å². The largest absolute Gasteiger partial charge is 0.507 e. The molecule has 8 heteroatoms. The minimum Gasteiger partial charge on any atom is -0.507 e. The van der Waals surface area contributed by atoms with Crippen LogP contribution in [0.15, 0.2) is 66.2 Å². The number of hydrogen-bond acceptors (Lipinski definition) is 6. The molecule has 0 aliphatic carbocycles. The van der Waals surface area contributed by atoms with E-state index in [0.717, 1.165) is 11.1 Å². The molecule has 1 saturated heterocycles. The number of hydrogen-bond donors (Lipinski definition) is 2. The SMILES string of the molecule is CCOc1cc(C2/C(=C(\O)c3ccc(OCC)c(C(C)(C)C)c3)C(=O)C(=O)N2CCc2ccc(F)cc2)ccc1O. The van der Waals surface area contributed by atoms with Gasteiger partial charge in [0.1, 0.15) is 17.3 Å². The fourth-order valence-electron chi connectivity index (χ4n) is 5.03. The van der Waals surface area contributed by atoms with E-state index in [-0.39, 0.29) is 40.6 Å². The van der Waals surface area contributed by atoms with Gasteiger partial charge in [-0.05, 0) is 79.3 Å². The maximum absolute atomic E-state index is 13.5. The van der Waals surface area contributed by atoms with E-state index in [1.807, 2.05) is 27.7 Å². The highest BCUT2D eigenvalue weighted by molar-refractivity contribution is 6.46. The second-order valence-electron chi connectivity index (χ2n) is 10.9. The van der Waals surface area contributed by atoms with Crippen molar-refractivity contribution < 1.29 is 33.7 Å². The highest BCUT2D eigenvalue weighted by Gasteiger charge is 2.46. The zero-order chi connectivity index (χ0) is 29.9. The first-order chi connectivity index (χ1) is 19.5. The molecule has 1 heterocycles. The van der Waals surface area contributed by atoms with Crippen LogP contribution in [0.4, 0.5) is 4.39 Å². The van der Waals surface area contributed by atoms with Crippen LogP contribution in [0.25, 0.3) is 5.76 Å². The second-order valence-corrected chi connectivity index (χ2v) is 10.9. The molecule has 4 rings (SSSR count). The van der Waals surface area contributed by atoms with Gasteiger partial charge in [-0.25, -0.2) is 4.39 Å². The van der Waals surface area contributed by atoms with E-state index in [1.165, 1.54) is 23.1 Å². The lowest BCUT2D eigenvalue weighted by molar-refractivity contribution is -0.139. The van der Waals surface area contributed by atoms with Gasteiger partial charge in [-0.2, -0.15) is 0 Å². The summed E-state index contributed by atoms with van der Waals surface area (Å²) in [5.74, 6) is -1.46. The number of phenolic OH excluding ortho intramolecular Hbond substituents is 1. The van der Waals surface area contributed by atoms with E-state index in [9.17, 15) is 24.2 Å². The van der Waals surface area contributed by atoms with E-state index in [2.05, 4.69) is 0 Å². The van der Waals surface area contributed by atoms with Gasteiger partial charge < -0.3 is 24.6 Å². The Morgan fingerprint density at radius 1 is 0.927 bits per heavy atom. The van der Waals surface area contributed by atoms with Crippen molar-refractivity contribution in [1.82, 2.24) is 4.90 Å². The number of aromatic hydroxyl groups is 1. The molecule has 3 aromatic rings. The van der Waals surface area contributed by atoms with Crippen molar-refractivity contribution in [1.29, 1.82) is 0 Å². The van der Waals surface area contributed by atoms with Crippen molar-refractivity contribution in [3.8, 4) is 17.2 Å². The van der Waals surface area contributed by atoms with E-state index < -0.39 is 17.7 Å². The third-order valence-electron chi connectivity index (χ3n) is 7.05. The number of ether oxygens (including phenoxy) is 2. The molecular weight excluding hydrogens is 525 g/mol. The van der Waals surface area contributed by atoms with Crippen LogP contribution in [0.3, 0.4) is 0 Å². The molecule has 0 aromatic heterocycles. The molecule has 2 N–H and O–H groups in total. The summed E-state index contributed by atoms with van der Waals surface area (Å²) in [6.45, 7) is 10.6. The lowest BCUT2D eigenvalue weighted by atomic mass is 9.84. The van der Waals surface area contributed by atoms with E-state index >= 15 is 0 Å². The van der Waals surface area contributed by atoms with Crippen LogP contribution >= 0.6 is 0 Å². The first-order valence-corrected chi connectivity index (χ1v) is 13.7. The lowest BCUT2D eigenvalue weighted by Crippen LogP contribution is -2.31. The Bertz CT molecular complexity index is 1470. The van der Waals surface area contributed by atoms with Crippen LogP contribution < -0.4 is 9.47 Å². The van der Waals surface area contributed by atoms with Crippen molar-refractivity contribution in [3.05, 3.63) is 94.3 Å². The Morgan fingerprint density at radius 3 is 2.22 bits per heavy atom. The summed E-state index contributed by atoms with van der Waals surface area (Å²) in [6, 6.07) is 14.8. The summed E-state index contributed by atoms with van der Waals surface area (Å²) < 4.78 is 24.8. The molecule has 0 saturated carbocycles. The maximum atomic E-state index is 13.5. The molecule has 1 aliphatic heterocycles. The first-order valence-electron chi connectivity index (χ1n) is 13.7. The monoisotopic (exact) mass is 561 g/mol. The van der Waals surface area contributed by atoms with Crippen LogP contribution in [0.5, 0.6) is 17.2 Å². The zero-order valence-electron chi connectivity index (χ0n) is 24.0. The number of amides is 1. The van der Waals surface area contributed by atoms with Gasteiger partial charge in [-0.3, -0.25) is 9.59 Å². The van der Waals surface area contributed by atoms with Crippen LogP contribution in [0.1, 0.15) is 62.9 Å². The van der Waals surface area contributed by atoms with Gasteiger partial charge in [0.05, 0.1) is 24.8 Å². The molecule has 1 aliphatic rings. The number of phenols is 1. The van der Waals surface area contributed by atoms with Crippen molar-refractivity contribution in [3.63, 3.8) is 0 Å². The summed E-state index contributed by atoms with van der Waals surface area (Å²) >= 11 is 0. The third kappa shape index (κ3) is 6.21. The topological polar surface area (TPSA) is 96.3 Å². The predicted octanol–water partition coefficient (Wildman–Crippen LogP) is 6.29. The summed E-state index contributed by atoms with van der Waals surface area (Å²) in [4.78, 5) is 28.4. The molecule has 1 atom stereocenters. The molecule has 1 fully saturated rings. The van der Waals surface area contributed by atoms with Gasteiger partial charge >= 0.3 is 0 Å². The van der Waals surface area contributed by atoms with E-state index in [4.69, 9.17) is 9.47 Å². The van der Waals surface area contributed by atoms with Crippen LogP contribution in [-0.4, -0.2) is 46.6 Å². The predicted molar refractivity (Wildman–Crippen MR) is 155 cm³/mol. The average Bonchev–Trinajstić information content (AvgIpc) is 3.18. The van der Waals surface area contributed by atoms with Crippen molar-refractivity contribution in [2.75, 3.05) is 19.8 Å². The quantitative estimate of drug-likeness (QED) is 0.181. The average molecular weight is 562 g/mol. The van der Waals surface area contributed by atoms with Gasteiger partial charge in [0.15, 0.2) is 11.5 Å². The van der Waals surface area contributed by atoms with Crippen molar-refractivity contribution in [2.24, 2.45) is 0 Å². The lowest BCUT2D eigenvalue weighted by Gasteiger charge is -2.26. The smallest absolute Gasteiger partial charge is 0.295 e. The highest BCUT2D eigenvalue weighted by Crippen LogP contribution is 2.43. The third-order valence-corrected chi connectivity index (χ3v) is 7.05. The number of rotatable bonds is 9. The number of carbonyl (C=O) groups is 2. The van der Waals surface area contributed by atoms with Crippen LogP contribution in [0.2, 0.25) is 0 Å². The minimum atomic E-state index is -0.945. The standard InChI is InChI=1S/C33H36FNO6/c1-6-40-26-15-11-22(18-24(26)33(3,4)5)30(37)28-29(21-10-14-25(36)27(19-21)41-7-2)35(32(39)31(28)38)17-16-20-8-12-23(34)13-9-20/h8-15,18-19,29,36-37H,6-7,16-17H2,1-5H3/b30-28+. The summed E-state index contributed by atoms with van der Waals surface area (Å²) in [7, 11) is 0. The second kappa shape index (κ2) is 12.0. The van der Waals surface area contributed by atoms with Crippen molar-refractivity contribution >= 4 is 17.4 Å². The minimum absolute atomic E-state index is 0.0636. The number of aliphatic hydroxyl groups is 1. The summed E-state index contributed by atoms with van der Waals surface area (Å²) in [5, 5.41) is 21.9. The Hall–Kier alpha value is -4.33. The highest BCUT2D eigenvalue weighted by atomic mass is 19.1. The fraction of sp³-hybridized carbons (Fsp3) is 0.333. The number of nitrogens with zero attached hydrogens (tertiary/aromatic N) is 1. The Labute approximate surface area is 239 Å². The number of carbonyl (C=O) groups excluding carboxylic acids is 2. The van der Waals surface area contributed by atoms with Gasteiger partial charge in [-0.15, -0.1) is 0 Å². The summed E-state index contributed by atoms with van der Waals surface area (Å²) in [6.07, 6.45) is 0.359. The molecule has 0 bridgehead atoms.